The fourth-order valence-electron chi connectivity index (χ4n) is 1.93. The Hall–Kier alpha value is -2.15. The minimum atomic E-state index is -0.436. The van der Waals surface area contributed by atoms with Crippen molar-refractivity contribution in [1.29, 1.82) is 0 Å². The van der Waals surface area contributed by atoms with Gasteiger partial charge in [0, 0.05) is 31.4 Å². The molecule has 0 saturated heterocycles. The molecule has 19 heavy (non-hydrogen) atoms. The van der Waals surface area contributed by atoms with Crippen molar-refractivity contribution in [2.45, 2.75) is 19.5 Å². The van der Waals surface area contributed by atoms with Gasteiger partial charge in [-0.2, -0.15) is 10.2 Å². The van der Waals surface area contributed by atoms with Gasteiger partial charge in [0.15, 0.2) is 0 Å². The van der Waals surface area contributed by atoms with Gasteiger partial charge in [-0.3, -0.25) is 9.48 Å². The van der Waals surface area contributed by atoms with E-state index in [4.69, 9.17) is 0 Å². The number of hydrogen-bond acceptors (Lipinski definition) is 4. The average Bonchev–Trinajstić information content (AvgIpc) is 2.99. The van der Waals surface area contributed by atoms with Gasteiger partial charge < -0.3 is 10.6 Å². The normalized spacial score (nSPS) is 12.4. The Kier molecular flexibility index (Phi) is 3.96. The Balaban J connectivity index is 2.13. The zero-order valence-corrected chi connectivity index (χ0v) is 11.3. The first kappa shape index (κ1) is 13.3. The number of nitrogens with one attached hydrogen (secondary N) is 2. The van der Waals surface area contributed by atoms with Gasteiger partial charge >= 0.3 is 0 Å². The molecule has 0 spiro atoms. The van der Waals surface area contributed by atoms with Gasteiger partial charge in [0.25, 0.3) is 0 Å². The zero-order chi connectivity index (χ0) is 13.8. The summed E-state index contributed by atoms with van der Waals surface area (Å²) < 4.78 is 3.40. The first-order valence-corrected chi connectivity index (χ1v) is 6.14. The van der Waals surface area contributed by atoms with E-state index >= 15 is 0 Å². The quantitative estimate of drug-likeness (QED) is 0.824. The molecule has 1 amide bonds. The third-order valence-electron chi connectivity index (χ3n) is 2.88. The lowest BCUT2D eigenvalue weighted by atomic mass is 10.1. The van der Waals surface area contributed by atoms with Crippen LogP contribution in [-0.2, 0) is 18.4 Å². The van der Waals surface area contributed by atoms with E-state index < -0.39 is 6.04 Å². The molecule has 2 N–H and O–H groups in total. The molecular formula is C12H18N6O. The monoisotopic (exact) mass is 262 g/mol. The van der Waals surface area contributed by atoms with Crippen molar-refractivity contribution >= 4 is 11.7 Å². The van der Waals surface area contributed by atoms with Crippen LogP contribution in [0.25, 0.3) is 0 Å². The SMILES string of the molecule is CCn1nccc1NC(=O)C(NC)c1cnn(C)c1. The highest BCUT2D eigenvalue weighted by molar-refractivity contribution is 5.94. The lowest BCUT2D eigenvalue weighted by molar-refractivity contribution is -0.118. The van der Waals surface area contributed by atoms with Gasteiger partial charge in [0.1, 0.15) is 11.9 Å². The first-order chi connectivity index (χ1) is 9.15. The number of amides is 1. The van der Waals surface area contributed by atoms with Crippen LogP contribution in [0.1, 0.15) is 18.5 Å². The molecule has 0 aliphatic carbocycles. The molecule has 0 bridgehead atoms. The summed E-state index contributed by atoms with van der Waals surface area (Å²) in [4.78, 5) is 12.3. The fraction of sp³-hybridized carbons (Fsp3) is 0.417. The molecule has 0 aliphatic rings. The molecule has 2 aromatic rings. The maximum absolute atomic E-state index is 12.3. The van der Waals surface area contributed by atoms with Crippen molar-refractivity contribution in [3.8, 4) is 0 Å². The standard InChI is InChI=1S/C12H18N6O/c1-4-18-10(5-6-14-18)16-12(19)11(13-2)9-7-15-17(3)8-9/h5-8,11,13H,4H2,1-3H3,(H,16,19). The Morgan fingerprint density at radius 3 is 2.84 bits per heavy atom. The number of aryl methyl sites for hydroxylation is 2. The highest BCUT2D eigenvalue weighted by Crippen LogP contribution is 2.14. The van der Waals surface area contributed by atoms with Crippen molar-refractivity contribution < 1.29 is 4.79 Å². The summed E-state index contributed by atoms with van der Waals surface area (Å²) >= 11 is 0. The van der Waals surface area contributed by atoms with E-state index in [-0.39, 0.29) is 5.91 Å². The molecule has 0 aliphatic heterocycles. The maximum Gasteiger partial charge on any atom is 0.247 e. The van der Waals surface area contributed by atoms with E-state index in [1.165, 1.54) is 0 Å². The highest BCUT2D eigenvalue weighted by Gasteiger charge is 2.21. The molecule has 1 atom stereocenters. The number of likely N-dealkylation sites (N-methyl/N-ethyl adjacent to an activating group) is 1. The smallest absolute Gasteiger partial charge is 0.247 e. The molecule has 7 nitrogen and oxygen atoms in total. The molecule has 2 rings (SSSR count). The van der Waals surface area contributed by atoms with E-state index in [1.54, 1.807) is 34.9 Å². The van der Waals surface area contributed by atoms with Gasteiger partial charge in [0.05, 0.1) is 12.4 Å². The van der Waals surface area contributed by atoms with E-state index in [0.717, 1.165) is 5.56 Å². The van der Waals surface area contributed by atoms with Crippen molar-refractivity contribution in [2.24, 2.45) is 7.05 Å². The summed E-state index contributed by atoms with van der Waals surface area (Å²) in [6.07, 6.45) is 5.16. The topological polar surface area (TPSA) is 76.8 Å². The second kappa shape index (κ2) is 5.66. The summed E-state index contributed by atoms with van der Waals surface area (Å²) in [6, 6.07) is 1.34. The molecule has 2 heterocycles. The Morgan fingerprint density at radius 2 is 2.26 bits per heavy atom. The van der Waals surface area contributed by atoms with E-state index in [2.05, 4.69) is 20.8 Å². The number of nitrogens with zero attached hydrogens (tertiary/aromatic N) is 4. The van der Waals surface area contributed by atoms with Crippen molar-refractivity contribution in [3.63, 3.8) is 0 Å². The van der Waals surface area contributed by atoms with Gasteiger partial charge in [-0.05, 0) is 14.0 Å². The summed E-state index contributed by atoms with van der Waals surface area (Å²) in [6.45, 7) is 2.68. The summed E-state index contributed by atoms with van der Waals surface area (Å²) in [5, 5.41) is 14.0. The van der Waals surface area contributed by atoms with Crippen LogP contribution >= 0.6 is 0 Å². The molecule has 2 aromatic heterocycles. The summed E-state index contributed by atoms with van der Waals surface area (Å²) in [5.74, 6) is 0.558. The van der Waals surface area contributed by atoms with Crippen LogP contribution in [0, 0.1) is 0 Å². The van der Waals surface area contributed by atoms with Crippen LogP contribution in [0.3, 0.4) is 0 Å². The van der Waals surface area contributed by atoms with Crippen LogP contribution in [0.15, 0.2) is 24.7 Å². The third kappa shape index (κ3) is 2.82. The van der Waals surface area contributed by atoms with Gasteiger partial charge in [0.2, 0.25) is 5.91 Å². The predicted octanol–water partition coefficient (Wildman–Crippen LogP) is 0.536. The van der Waals surface area contributed by atoms with Crippen LogP contribution in [0.5, 0.6) is 0 Å². The average molecular weight is 262 g/mol. The lowest BCUT2D eigenvalue weighted by Crippen LogP contribution is -2.31. The number of carbonyl (C=O) groups is 1. The van der Waals surface area contributed by atoms with Crippen LogP contribution in [0.4, 0.5) is 5.82 Å². The Morgan fingerprint density at radius 1 is 1.47 bits per heavy atom. The fourth-order valence-corrected chi connectivity index (χ4v) is 1.93. The van der Waals surface area contributed by atoms with Crippen molar-refractivity contribution in [1.82, 2.24) is 24.9 Å². The summed E-state index contributed by atoms with van der Waals surface area (Å²) in [7, 11) is 3.56. The molecule has 7 heteroatoms. The second-order valence-electron chi connectivity index (χ2n) is 4.19. The molecule has 0 aromatic carbocycles. The highest BCUT2D eigenvalue weighted by atomic mass is 16.2. The number of aromatic nitrogens is 4. The molecular weight excluding hydrogens is 244 g/mol. The molecule has 102 valence electrons. The largest absolute Gasteiger partial charge is 0.309 e. The molecule has 0 fully saturated rings. The predicted molar refractivity (Wildman–Crippen MR) is 71.5 cm³/mol. The number of hydrogen-bond donors (Lipinski definition) is 2. The van der Waals surface area contributed by atoms with Gasteiger partial charge in [-0.25, -0.2) is 4.68 Å². The zero-order valence-electron chi connectivity index (χ0n) is 11.3. The van der Waals surface area contributed by atoms with E-state index in [9.17, 15) is 4.79 Å². The summed E-state index contributed by atoms with van der Waals surface area (Å²) in [5.41, 5.74) is 0.824. The minimum Gasteiger partial charge on any atom is -0.309 e. The lowest BCUT2D eigenvalue weighted by Gasteiger charge is -2.14. The molecule has 0 saturated carbocycles. The van der Waals surface area contributed by atoms with Crippen LogP contribution in [0.2, 0.25) is 0 Å². The number of rotatable bonds is 5. The van der Waals surface area contributed by atoms with E-state index in [1.807, 2.05) is 20.2 Å². The number of anilines is 1. The minimum absolute atomic E-state index is 0.134. The number of carbonyl (C=O) groups excluding carboxylic acids is 1. The Labute approximate surface area is 111 Å². The van der Waals surface area contributed by atoms with Gasteiger partial charge in [-0.1, -0.05) is 0 Å². The van der Waals surface area contributed by atoms with Gasteiger partial charge in [-0.15, -0.1) is 0 Å². The van der Waals surface area contributed by atoms with Crippen molar-refractivity contribution in [2.75, 3.05) is 12.4 Å². The van der Waals surface area contributed by atoms with Crippen LogP contribution < -0.4 is 10.6 Å². The maximum atomic E-state index is 12.3. The first-order valence-electron chi connectivity index (χ1n) is 6.14. The third-order valence-corrected chi connectivity index (χ3v) is 2.88. The van der Waals surface area contributed by atoms with Crippen LogP contribution in [-0.4, -0.2) is 32.5 Å². The Bertz CT molecular complexity index is 558. The van der Waals surface area contributed by atoms with E-state index in [0.29, 0.717) is 12.4 Å². The second-order valence-corrected chi connectivity index (χ2v) is 4.19. The molecule has 1 unspecified atom stereocenters. The van der Waals surface area contributed by atoms with Crippen molar-refractivity contribution in [3.05, 3.63) is 30.2 Å². The molecule has 0 radical (unpaired) electrons.